The molecule has 0 saturated carbocycles. The van der Waals surface area contributed by atoms with E-state index < -0.39 is 0 Å². The molecule has 0 aromatic rings. The quantitative estimate of drug-likeness (QED) is 0.0868. The number of unbranched alkanes of at least 4 members (excludes halogenated alkanes) is 6. The third-order valence-corrected chi connectivity index (χ3v) is 9.30. The summed E-state index contributed by atoms with van der Waals surface area (Å²) in [6.45, 7) is 28.4. The Morgan fingerprint density at radius 1 is 0.444 bits per heavy atom. The van der Waals surface area contributed by atoms with Gasteiger partial charge in [-0.2, -0.15) is 0 Å². The summed E-state index contributed by atoms with van der Waals surface area (Å²) < 4.78 is 0. The maximum atomic E-state index is 7.18. The molecule has 2 heteroatoms. The Balaban J connectivity index is 6.65. The molecule has 218 valence electrons. The minimum Gasteiger partial charge on any atom is -0.229 e. The first-order valence-electron chi connectivity index (χ1n) is 16.2. The Hall–Kier alpha value is -0.0800. The maximum Gasteiger partial charge on any atom is 0.111 e. The van der Waals surface area contributed by atoms with Crippen molar-refractivity contribution < 1.29 is 9.78 Å². The second-order valence-corrected chi connectivity index (χ2v) is 13.9. The summed E-state index contributed by atoms with van der Waals surface area (Å²) in [5.74, 6) is 1.02. The fourth-order valence-corrected chi connectivity index (χ4v) is 6.71. The van der Waals surface area contributed by atoms with E-state index in [1.807, 2.05) is 0 Å². The van der Waals surface area contributed by atoms with Gasteiger partial charge in [-0.1, -0.05) is 160 Å². The third kappa shape index (κ3) is 9.91. The molecule has 4 unspecified atom stereocenters. The van der Waals surface area contributed by atoms with Crippen LogP contribution in [0.1, 0.15) is 186 Å². The summed E-state index contributed by atoms with van der Waals surface area (Å²) in [5, 5.41) is 0. The topological polar surface area (TPSA) is 18.5 Å². The summed E-state index contributed by atoms with van der Waals surface area (Å²) in [6, 6.07) is 0. The molecule has 0 spiro atoms. The molecule has 0 heterocycles. The molecule has 0 rings (SSSR count). The van der Waals surface area contributed by atoms with Crippen molar-refractivity contribution >= 4 is 0 Å². The highest BCUT2D eigenvalue weighted by Crippen LogP contribution is 2.52. The van der Waals surface area contributed by atoms with Gasteiger partial charge in [-0.15, -0.1) is 0 Å². The smallest absolute Gasteiger partial charge is 0.111 e. The predicted molar refractivity (Wildman–Crippen MR) is 161 cm³/mol. The molecule has 0 aromatic heterocycles. The predicted octanol–water partition coefficient (Wildman–Crippen LogP) is 12.1. The minimum absolute atomic E-state index is 0.00727. The van der Waals surface area contributed by atoms with Gasteiger partial charge in [-0.25, -0.2) is 9.78 Å². The van der Waals surface area contributed by atoms with Crippen molar-refractivity contribution in [1.29, 1.82) is 0 Å². The molecule has 0 bridgehead atoms. The first kappa shape index (κ1) is 35.9. The fourth-order valence-electron chi connectivity index (χ4n) is 6.71. The molecule has 2 nitrogen and oxygen atoms in total. The van der Waals surface area contributed by atoms with E-state index in [0.29, 0.717) is 11.8 Å². The van der Waals surface area contributed by atoms with Crippen LogP contribution in [-0.2, 0) is 9.78 Å². The van der Waals surface area contributed by atoms with Crippen molar-refractivity contribution in [3.8, 4) is 0 Å². The Labute approximate surface area is 229 Å². The summed E-state index contributed by atoms with van der Waals surface area (Å²) in [4.78, 5) is 14.4. The van der Waals surface area contributed by atoms with Gasteiger partial charge < -0.3 is 0 Å². The van der Waals surface area contributed by atoms with Crippen LogP contribution in [0.5, 0.6) is 0 Å². The highest BCUT2D eigenvalue weighted by atomic mass is 17.2. The third-order valence-electron chi connectivity index (χ3n) is 9.30. The Morgan fingerprint density at radius 2 is 0.750 bits per heavy atom. The van der Waals surface area contributed by atoms with Gasteiger partial charge in [0.15, 0.2) is 0 Å². The zero-order chi connectivity index (χ0) is 27.9. The zero-order valence-corrected chi connectivity index (χ0v) is 27.3. The maximum absolute atomic E-state index is 7.18. The average molecular weight is 511 g/mol. The number of rotatable bonds is 21. The fraction of sp³-hybridized carbons (Fsp3) is 1.00. The highest BCUT2D eigenvalue weighted by molar-refractivity contribution is 5.00. The minimum atomic E-state index is -0.267. The number of hydrogen-bond acceptors (Lipinski definition) is 2. The van der Waals surface area contributed by atoms with Crippen LogP contribution in [-0.4, -0.2) is 11.2 Å². The zero-order valence-electron chi connectivity index (χ0n) is 27.3. The average Bonchev–Trinajstić information content (AvgIpc) is 2.80. The molecule has 0 amide bonds. The van der Waals surface area contributed by atoms with Gasteiger partial charge in [-0.05, 0) is 48.3 Å². The monoisotopic (exact) mass is 511 g/mol. The standard InChI is InChI=1S/C34H70O2/c1-13-19-23-27-33(31(7,8)9,29(17-5)25-21-15-3)35-36-34(32(10,11)12,28-24-20-14-2)30(18-6)26-22-16-4/h29-30H,13-28H2,1-12H3. The van der Waals surface area contributed by atoms with Crippen LogP contribution in [0, 0.1) is 22.7 Å². The van der Waals surface area contributed by atoms with Gasteiger partial charge >= 0.3 is 0 Å². The van der Waals surface area contributed by atoms with E-state index >= 15 is 0 Å². The molecular weight excluding hydrogens is 440 g/mol. The molecule has 0 aromatic carbocycles. The Kier molecular flexibility index (Phi) is 17.5. The SMILES string of the molecule is CCCCCC(OOC(CCCCC)(C(CC)CCCC)C(C)(C)C)(C(CC)CCCC)C(C)(C)C. The summed E-state index contributed by atoms with van der Waals surface area (Å²) in [7, 11) is 0. The van der Waals surface area contributed by atoms with Crippen molar-refractivity contribution in [2.75, 3.05) is 0 Å². The van der Waals surface area contributed by atoms with Crippen molar-refractivity contribution in [3.63, 3.8) is 0 Å². The van der Waals surface area contributed by atoms with E-state index in [2.05, 4.69) is 83.1 Å². The Bertz CT molecular complexity index is 480. The van der Waals surface area contributed by atoms with Crippen LogP contribution in [0.3, 0.4) is 0 Å². The molecule has 0 aliphatic carbocycles. The lowest BCUT2D eigenvalue weighted by Crippen LogP contribution is -2.57. The van der Waals surface area contributed by atoms with Gasteiger partial charge in [0, 0.05) is 0 Å². The summed E-state index contributed by atoms with van der Waals surface area (Å²) in [5.41, 5.74) is -0.520. The van der Waals surface area contributed by atoms with E-state index in [1.54, 1.807) is 0 Å². The van der Waals surface area contributed by atoms with Gasteiger partial charge in [0.25, 0.3) is 0 Å². The van der Waals surface area contributed by atoms with E-state index in [0.717, 1.165) is 25.7 Å². The molecule has 0 N–H and O–H groups in total. The first-order valence-corrected chi connectivity index (χ1v) is 16.2. The van der Waals surface area contributed by atoms with E-state index in [1.165, 1.54) is 77.0 Å². The molecular formula is C34H70O2. The van der Waals surface area contributed by atoms with Crippen molar-refractivity contribution in [2.24, 2.45) is 22.7 Å². The Morgan fingerprint density at radius 3 is 0.972 bits per heavy atom. The van der Waals surface area contributed by atoms with Crippen LogP contribution in [0.15, 0.2) is 0 Å². The van der Waals surface area contributed by atoms with Gasteiger partial charge in [0.2, 0.25) is 0 Å². The molecule has 0 aliphatic heterocycles. The lowest BCUT2D eigenvalue weighted by atomic mass is 9.63. The lowest BCUT2D eigenvalue weighted by molar-refractivity contribution is -0.466. The van der Waals surface area contributed by atoms with E-state index in [-0.39, 0.29) is 22.0 Å². The molecule has 0 fully saturated rings. The highest BCUT2D eigenvalue weighted by Gasteiger charge is 2.54. The van der Waals surface area contributed by atoms with Crippen LogP contribution in [0.2, 0.25) is 0 Å². The van der Waals surface area contributed by atoms with Crippen LogP contribution >= 0.6 is 0 Å². The van der Waals surface area contributed by atoms with Crippen LogP contribution in [0.25, 0.3) is 0 Å². The summed E-state index contributed by atoms with van der Waals surface area (Å²) >= 11 is 0. The van der Waals surface area contributed by atoms with Gasteiger partial charge in [0.1, 0.15) is 11.2 Å². The van der Waals surface area contributed by atoms with Gasteiger partial charge in [-0.3, -0.25) is 0 Å². The molecule has 0 saturated heterocycles. The summed E-state index contributed by atoms with van der Waals surface area (Å²) in [6.07, 6.45) is 19.4. The molecule has 36 heavy (non-hydrogen) atoms. The van der Waals surface area contributed by atoms with E-state index in [9.17, 15) is 0 Å². The van der Waals surface area contributed by atoms with Crippen molar-refractivity contribution in [1.82, 2.24) is 0 Å². The normalized spacial score (nSPS) is 18.0. The van der Waals surface area contributed by atoms with Crippen molar-refractivity contribution in [2.45, 2.75) is 197 Å². The first-order chi connectivity index (χ1) is 16.9. The molecule has 4 atom stereocenters. The van der Waals surface area contributed by atoms with Gasteiger partial charge in [0.05, 0.1) is 0 Å². The molecule has 0 aliphatic rings. The lowest BCUT2D eigenvalue weighted by Gasteiger charge is -2.54. The van der Waals surface area contributed by atoms with E-state index in [4.69, 9.17) is 9.78 Å². The molecule has 0 radical (unpaired) electrons. The second-order valence-electron chi connectivity index (χ2n) is 13.9. The second kappa shape index (κ2) is 17.5. The largest absolute Gasteiger partial charge is 0.229 e. The van der Waals surface area contributed by atoms with Crippen LogP contribution in [0.4, 0.5) is 0 Å². The number of hydrogen-bond donors (Lipinski definition) is 0. The van der Waals surface area contributed by atoms with Crippen molar-refractivity contribution in [3.05, 3.63) is 0 Å². The van der Waals surface area contributed by atoms with Crippen LogP contribution < -0.4 is 0 Å².